The number of hydrogen-bond acceptors (Lipinski definition) is 5. The lowest BCUT2D eigenvalue weighted by molar-refractivity contribution is -0.105. The van der Waals surface area contributed by atoms with Gasteiger partial charge in [-0.2, -0.15) is 9.78 Å². The van der Waals surface area contributed by atoms with Crippen LogP contribution >= 0.6 is 0 Å². The van der Waals surface area contributed by atoms with Crippen LogP contribution in [0, 0.1) is 23.2 Å². The monoisotopic (exact) mass is 347 g/mol. The van der Waals surface area contributed by atoms with E-state index in [9.17, 15) is 9.90 Å². The maximum absolute atomic E-state index is 12.5. The van der Waals surface area contributed by atoms with Gasteiger partial charge in [-0.3, -0.25) is 4.79 Å². The second kappa shape index (κ2) is 6.01. The molecule has 1 saturated heterocycles. The summed E-state index contributed by atoms with van der Waals surface area (Å²) in [6.07, 6.45) is 6.38. The Morgan fingerprint density at radius 2 is 2.16 bits per heavy atom. The Morgan fingerprint density at radius 3 is 2.80 bits per heavy atom. The van der Waals surface area contributed by atoms with E-state index >= 15 is 0 Å². The van der Waals surface area contributed by atoms with Crippen LogP contribution in [0.15, 0.2) is 11.0 Å². The molecule has 2 N–H and O–H groups in total. The molecule has 1 aromatic rings. The summed E-state index contributed by atoms with van der Waals surface area (Å²) in [5.74, 6) is 1.70. The molecule has 0 spiro atoms. The summed E-state index contributed by atoms with van der Waals surface area (Å²) in [5, 5.41) is 18.1. The number of anilines is 1. The molecule has 1 aliphatic heterocycles. The fourth-order valence-corrected chi connectivity index (χ4v) is 5.22. The quantitative estimate of drug-likeness (QED) is 0.878. The molecule has 3 aliphatic carbocycles. The predicted octanol–water partition coefficient (Wildman–Crippen LogP) is 3.13. The van der Waals surface area contributed by atoms with Crippen LogP contribution < -0.4 is 10.9 Å². The molecule has 0 aromatic carbocycles. The van der Waals surface area contributed by atoms with Crippen LogP contribution in [0.2, 0.25) is 0 Å². The van der Waals surface area contributed by atoms with Gasteiger partial charge in [0.1, 0.15) is 5.69 Å². The van der Waals surface area contributed by atoms with Crippen LogP contribution in [0.4, 0.5) is 5.69 Å². The molecule has 2 bridgehead atoms. The molecule has 3 saturated carbocycles. The molecule has 25 heavy (non-hydrogen) atoms. The Hall–Kier alpha value is -1.56. The molecule has 0 amide bonds. The van der Waals surface area contributed by atoms with E-state index in [1.165, 1.54) is 11.1 Å². The predicted molar refractivity (Wildman–Crippen MR) is 95.6 cm³/mol. The fraction of sp³-hybridized carbons (Fsp3) is 0.789. The van der Waals surface area contributed by atoms with Gasteiger partial charge < -0.3 is 15.2 Å². The Morgan fingerprint density at radius 1 is 1.36 bits per heavy atom. The highest BCUT2D eigenvalue weighted by molar-refractivity contribution is 5.53. The van der Waals surface area contributed by atoms with Crippen molar-refractivity contribution in [3.8, 4) is 5.75 Å². The highest BCUT2D eigenvalue weighted by atomic mass is 16.5. The van der Waals surface area contributed by atoms with E-state index in [2.05, 4.69) is 31.2 Å². The Bertz CT molecular complexity index is 708. The first kappa shape index (κ1) is 16.9. The van der Waals surface area contributed by atoms with Gasteiger partial charge in [-0.15, -0.1) is 0 Å². The van der Waals surface area contributed by atoms with Crippen LogP contribution in [0.25, 0.3) is 0 Å². The first-order valence-corrected chi connectivity index (χ1v) is 9.58. The third-order valence-corrected chi connectivity index (χ3v) is 7.10. The lowest BCUT2D eigenvalue weighted by Gasteiger charge is -2.62. The van der Waals surface area contributed by atoms with Gasteiger partial charge in [-0.05, 0) is 55.3 Å². The Kier molecular flexibility index (Phi) is 4.06. The van der Waals surface area contributed by atoms with Gasteiger partial charge in [-0.25, -0.2) is 0 Å². The number of aromatic nitrogens is 2. The van der Waals surface area contributed by atoms with Crippen molar-refractivity contribution in [1.82, 2.24) is 9.78 Å². The molecule has 6 heteroatoms. The van der Waals surface area contributed by atoms with Crippen molar-refractivity contribution in [2.75, 3.05) is 11.9 Å². The molecular formula is C19H29N3O3. The van der Waals surface area contributed by atoms with E-state index in [1.807, 2.05) is 0 Å². The summed E-state index contributed by atoms with van der Waals surface area (Å²) < 4.78 is 6.90. The molecule has 6 nitrogen and oxygen atoms in total. The third kappa shape index (κ3) is 2.65. The van der Waals surface area contributed by atoms with Crippen LogP contribution in [-0.2, 0) is 4.74 Å². The van der Waals surface area contributed by atoms with Gasteiger partial charge in [0.2, 0.25) is 5.75 Å². The second-order valence-corrected chi connectivity index (χ2v) is 8.68. The molecular weight excluding hydrogens is 318 g/mol. The zero-order valence-electron chi connectivity index (χ0n) is 15.4. The molecule has 4 fully saturated rings. The molecule has 2 heterocycles. The van der Waals surface area contributed by atoms with Gasteiger partial charge in [0, 0.05) is 12.6 Å². The fourth-order valence-electron chi connectivity index (χ4n) is 5.22. The first-order valence-electron chi connectivity index (χ1n) is 9.58. The molecule has 1 aromatic heterocycles. The number of hydrogen-bond donors (Lipinski definition) is 2. The number of fused-ring (bicyclic) bond motifs is 2. The van der Waals surface area contributed by atoms with Crippen molar-refractivity contribution in [2.45, 2.75) is 65.1 Å². The van der Waals surface area contributed by atoms with Crippen LogP contribution in [0.5, 0.6) is 5.75 Å². The SMILES string of the molecule is C[C@@H]1[C@H]2C[C@@H](C[C@H]1Nc1cnn(C3CCCCO3)c(=O)c1O)C2(C)C. The Balaban J connectivity index is 1.52. The minimum absolute atomic E-state index is 0.241. The van der Waals surface area contributed by atoms with Crippen molar-refractivity contribution in [2.24, 2.45) is 23.2 Å². The summed E-state index contributed by atoms with van der Waals surface area (Å²) in [5.41, 5.74) is 0.401. The molecule has 5 rings (SSSR count). The number of nitrogens with one attached hydrogen (secondary N) is 1. The van der Waals surface area contributed by atoms with Gasteiger partial charge in [-0.1, -0.05) is 20.8 Å². The lowest BCUT2D eigenvalue weighted by Crippen LogP contribution is -2.58. The zero-order valence-corrected chi connectivity index (χ0v) is 15.4. The third-order valence-electron chi connectivity index (χ3n) is 7.10. The van der Waals surface area contributed by atoms with Crippen molar-refractivity contribution >= 4 is 5.69 Å². The zero-order chi connectivity index (χ0) is 17.8. The molecule has 4 aliphatic rings. The van der Waals surface area contributed by atoms with Crippen molar-refractivity contribution in [3.63, 3.8) is 0 Å². The molecule has 5 atom stereocenters. The van der Waals surface area contributed by atoms with E-state index in [4.69, 9.17) is 4.74 Å². The summed E-state index contributed by atoms with van der Waals surface area (Å²) >= 11 is 0. The molecule has 0 radical (unpaired) electrons. The van der Waals surface area contributed by atoms with Crippen LogP contribution in [-0.4, -0.2) is 27.5 Å². The second-order valence-electron chi connectivity index (χ2n) is 8.68. The molecule has 1 unspecified atom stereocenters. The molecule has 138 valence electrons. The minimum Gasteiger partial charge on any atom is -0.502 e. The Labute approximate surface area is 148 Å². The highest BCUT2D eigenvalue weighted by Crippen LogP contribution is 2.61. The van der Waals surface area contributed by atoms with E-state index in [1.54, 1.807) is 6.20 Å². The largest absolute Gasteiger partial charge is 0.502 e. The van der Waals surface area contributed by atoms with E-state index in [0.29, 0.717) is 29.5 Å². The van der Waals surface area contributed by atoms with E-state index in [0.717, 1.165) is 31.6 Å². The number of aromatic hydroxyl groups is 1. The van der Waals surface area contributed by atoms with Crippen molar-refractivity contribution in [1.29, 1.82) is 0 Å². The van der Waals surface area contributed by atoms with Crippen LogP contribution in [0.3, 0.4) is 0 Å². The number of ether oxygens (including phenoxy) is 1. The van der Waals surface area contributed by atoms with Gasteiger partial charge >= 0.3 is 5.56 Å². The summed E-state index contributed by atoms with van der Waals surface area (Å²) in [4.78, 5) is 12.5. The van der Waals surface area contributed by atoms with Crippen molar-refractivity contribution < 1.29 is 9.84 Å². The lowest BCUT2D eigenvalue weighted by atomic mass is 9.45. The highest BCUT2D eigenvalue weighted by Gasteiger charge is 2.56. The standard InChI is InChI=1S/C19H29N3O3/c1-11-13-8-12(19(13,2)3)9-14(11)21-15-10-20-22(18(24)17(15)23)16-6-4-5-7-25-16/h10-14,16,21,23H,4-9H2,1-3H3/t11-,12+,13-,14-,16?/m1/s1. The van der Waals surface area contributed by atoms with Crippen molar-refractivity contribution in [3.05, 3.63) is 16.6 Å². The van der Waals surface area contributed by atoms with E-state index in [-0.39, 0.29) is 18.0 Å². The number of rotatable bonds is 3. The van der Waals surface area contributed by atoms with E-state index < -0.39 is 5.56 Å². The first-order chi connectivity index (χ1) is 11.9. The minimum atomic E-state index is -0.467. The van der Waals surface area contributed by atoms with Gasteiger partial charge in [0.25, 0.3) is 0 Å². The topological polar surface area (TPSA) is 76.4 Å². The summed E-state index contributed by atoms with van der Waals surface area (Å²) in [7, 11) is 0. The maximum Gasteiger partial charge on any atom is 0.313 e. The smallest absolute Gasteiger partial charge is 0.313 e. The normalized spacial score (nSPS) is 36.5. The van der Waals surface area contributed by atoms with Gasteiger partial charge in [0.05, 0.1) is 6.20 Å². The summed E-state index contributed by atoms with van der Waals surface area (Å²) in [6, 6.07) is 0.283. The maximum atomic E-state index is 12.5. The average molecular weight is 347 g/mol. The van der Waals surface area contributed by atoms with Gasteiger partial charge in [0.15, 0.2) is 6.23 Å². The van der Waals surface area contributed by atoms with Crippen LogP contribution in [0.1, 0.15) is 59.1 Å². The number of nitrogens with zero attached hydrogens (tertiary/aromatic N) is 2. The summed E-state index contributed by atoms with van der Waals surface area (Å²) in [6.45, 7) is 7.64. The average Bonchev–Trinajstić information content (AvgIpc) is 2.61.